The largest absolute Gasteiger partial charge is 0.457 e. The maximum Gasteiger partial charge on any atom is 0.416 e. The second-order valence-corrected chi connectivity index (χ2v) is 8.15. The van der Waals surface area contributed by atoms with E-state index in [-0.39, 0.29) is 16.4 Å². The van der Waals surface area contributed by atoms with Gasteiger partial charge in [0.15, 0.2) is 4.91 Å². The van der Waals surface area contributed by atoms with Crippen LogP contribution < -0.4 is 10.1 Å². The summed E-state index contributed by atoms with van der Waals surface area (Å²) in [6.07, 6.45) is -3.40. The summed E-state index contributed by atoms with van der Waals surface area (Å²) in [5.41, 5.74) is -0.371. The summed E-state index contributed by atoms with van der Waals surface area (Å²) in [6, 6.07) is 19.8. The maximum absolute atomic E-state index is 12.8. The van der Waals surface area contributed by atoms with Gasteiger partial charge in [0, 0.05) is 11.9 Å². The summed E-state index contributed by atoms with van der Waals surface area (Å²) in [7, 11) is -3.97. The lowest BCUT2D eigenvalue weighted by Crippen LogP contribution is -2.05. The minimum Gasteiger partial charge on any atom is -0.457 e. The summed E-state index contributed by atoms with van der Waals surface area (Å²) >= 11 is 0. The Labute approximate surface area is 176 Å². The molecule has 0 saturated carbocycles. The molecule has 0 atom stereocenters. The molecule has 0 saturated heterocycles. The van der Waals surface area contributed by atoms with E-state index in [9.17, 15) is 26.9 Å². The van der Waals surface area contributed by atoms with Crippen LogP contribution in [0.25, 0.3) is 0 Å². The monoisotopic (exact) mass is 444 g/mol. The summed E-state index contributed by atoms with van der Waals surface area (Å²) in [5.74, 6) is 0.308. The van der Waals surface area contributed by atoms with E-state index in [0.29, 0.717) is 5.69 Å². The molecular weight excluding hydrogens is 429 g/mol. The van der Waals surface area contributed by atoms with Gasteiger partial charge in [0.1, 0.15) is 17.6 Å². The molecule has 3 aromatic carbocycles. The Kier molecular flexibility index (Phi) is 6.32. The topological polar surface area (TPSA) is 79.2 Å². The molecule has 0 spiro atoms. The number of nitrogens with zero attached hydrogens (tertiary/aromatic N) is 1. The van der Waals surface area contributed by atoms with Crippen LogP contribution in [0, 0.1) is 11.3 Å². The van der Waals surface area contributed by atoms with Gasteiger partial charge in [-0.05, 0) is 54.6 Å². The molecule has 0 amide bonds. The number of benzene rings is 3. The SMILES string of the molecule is N#C/C(=C\Nc1ccc(Oc2cccc(C(F)(F)F)c2)cc1)S(=O)(=O)c1ccccc1. The average Bonchev–Trinajstić information content (AvgIpc) is 2.75. The number of halogens is 3. The molecule has 3 rings (SSSR count). The highest BCUT2D eigenvalue weighted by atomic mass is 32.2. The van der Waals surface area contributed by atoms with E-state index in [0.717, 1.165) is 18.3 Å². The van der Waals surface area contributed by atoms with Gasteiger partial charge in [-0.3, -0.25) is 0 Å². The fraction of sp³-hybridized carbons (Fsp3) is 0.0455. The Morgan fingerprint density at radius 2 is 1.61 bits per heavy atom. The van der Waals surface area contributed by atoms with Gasteiger partial charge in [-0.1, -0.05) is 24.3 Å². The standard InChI is InChI=1S/C22H15F3N2O3S/c23-22(24,25)16-5-4-6-19(13-16)30-18-11-9-17(10-12-18)27-15-21(14-26)31(28,29)20-7-2-1-3-8-20/h1-13,15,27H/b21-15+. The van der Waals surface area contributed by atoms with Gasteiger partial charge in [-0.2, -0.15) is 18.4 Å². The van der Waals surface area contributed by atoms with Gasteiger partial charge in [0.05, 0.1) is 10.5 Å². The Morgan fingerprint density at radius 3 is 2.23 bits per heavy atom. The van der Waals surface area contributed by atoms with Crippen molar-refractivity contribution in [2.45, 2.75) is 11.1 Å². The van der Waals surface area contributed by atoms with E-state index in [4.69, 9.17) is 4.74 Å². The lowest BCUT2D eigenvalue weighted by Gasteiger charge is -2.10. The minimum atomic E-state index is -4.47. The number of ether oxygens (including phenoxy) is 1. The quantitative estimate of drug-likeness (QED) is 0.490. The number of hydrogen-bond donors (Lipinski definition) is 1. The number of sulfone groups is 1. The van der Waals surface area contributed by atoms with Crippen molar-refractivity contribution >= 4 is 15.5 Å². The fourth-order valence-corrected chi connectivity index (χ4v) is 3.64. The first-order chi connectivity index (χ1) is 14.7. The van der Waals surface area contributed by atoms with E-state index in [1.54, 1.807) is 24.3 Å². The van der Waals surface area contributed by atoms with E-state index in [1.165, 1.54) is 48.5 Å². The zero-order valence-corrected chi connectivity index (χ0v) is 16.6. The summed E-state index contributed by atoms with van der Waals surface area (Å²) in [4.78, 5) is -0.475. The van der Waals surface area contributed by atoms with Crippen LogP contribution in [0.3, 0.4) is 0 Å². The number of hydrogen-bond acceptors (Lipinski definition) is 5. The van der Waals surface area contributed by atoms with Crippen LogP contribution in [-0.2, 0) is 16.0 Å². The van der Waals surface area contributed by atoms with Gasteiger partial charge in [-0.15, -0.1) is 0 Å². The Hall–Kier alpha value is -3.77. The van der Waals surface area contributed by atoms with Gasteiger partial charge < -0.3 is 10.1 Å². The van der Waals surface area contributed by atoms with Crippen molar-refractivity contribution in [3.8, 4) is 17.6 Å². The smallest absolute Gasteiger partial charge is 0.416 e. The molecule has 0 aliphatic heterocycles. The molecule has 3 aromatic rings. The van der Waals surface area contributed by atoms with E-state index >= 15 is 0 Å². The van der Waals surface area contributed by atoms with Crippen LogP contribution in [0.1, 0.15) is 5.56 Å². The normalized spacial score (nSPS) is 12.1. The van der Waals surface area contributed by atoms with Crippen LogP contribution in [0.15, 0.2) is 94.9 Å². The van der Waals surface area contributed by atoms with E-state index in [1.807, 2.05) is 0 Å². The fourth-order valence-electron chi connectivity index (χ4n) is 2.54. The third-order valence-corrected chi connectivity index (χ3v) is 5.76. The van der Waals surface area contributed by atoms with Gasteiger partial charge >= 0.3 is 6.18 Å². The van der Waals surface area contributed by atoms with Crippen LogP contribution in [0.2, 0.25) is 0 Å². The van der Waals surface area contributed by atoms with Crippen molar-refractivity contribution in [1.29, 1.82) is 5.26 Å². The molecule has 1 N–H and O–H groups in total. The van der Waals surface area contributed by atoms with Crippen molar-refractivity contribution in [3.63, 3.8) is 0 Å². The summed E-state index contributed by atoms with van der Waals surface area (Å²) in [6.45, 7) is 0. The number of anilines is 1. The van der Waals surface area contributed by atoms with Crippen molar-refractivity contribution < 1.29 is 26.3 Å². The van der Waals surface area contributed by atoms with Crippen LogP contribution in [-0.4, -0.2) is 8.42 Å². The van der Waals surface area contributed by atoms with Crippen molar-refractivity contribution in [2.24, 2.45) is 0 Å². The third kappa shape index (κ3) is 5.43. The van der Waals surface area contributed by atoms with Gasteiger partial charge in [0.2, 0.25) is 9.84 Å². The van der Waals surface area contributed by atoms with E-state index < -0.39 is 26.5 Å². The highest BCUT2D eigenvalue weighted by Gasteiger charge is 2.30. The molecule has 5 nitrogen and oxygen atoms in total. The molecular formula is C22H15F3N2O3S. The lowest BCUT2D eigenvalue weighted by molar-refractivity contribution is -0.137. The summed E-state index contributed by atoms with van der Waals surface area (Å²) < 4.78 is 68.8. The highest BCUT2D eigenvalue weighted by molar-refractivity contribution is 7.95. The van der Waals surface area contributed by atoms with E-state index in [2.05, 4.69) is 5.32 Å². The number of nitrogens with one attached hydrogen (secondary N) is 1. The van der Waals surface area contributed by atoms with Crippen LogP contribution in [0.5, 0.6) is 11.5 Å². The molecule has 31 heavy (non-hydrogen) atoms. The molecule has 0 heterocycles. The first-order valence-corrected chi connectivity index (χ1v) is 10.3. The van der Waals surface area contributed by atoms with Crippen molar-refractivity contribution in [2.75, 3.05) is 5.32 Å². The molecule has 0 unspecified atom stereocenters. The Balaban J connectivity index is 1.73. The lowest BCUT2D eigenvalue weighted by atomic mass is 10.2. The predicted octanol–water partition coefficient (Wildman–Crippen LogP) is 5.75. The summed E-state index contributed by atoms with van der Waals surface area (Å²) in [5, 5.41) is 12.0. The molecule has 0 radical (unpaired) electrons. The van der Waals surface area contributed by atoms with Crippen molar-refractivity contribution in [3.05, 3.63) is 95.5 Å². The number of nitriles is 1. The number of rotatable bonds is 6. The zero-order valence-electron chi connectivity index (χ0n) is 15.8. The minimum absolute atomic E-state index is 0.00515. The highest BCUT2D eigenvalue weighted by Crippen LogP contribution is 2.33. The molecule has 0 bridgehead atoms. The predicted molar refractivity (Wildman–Crippen MR) is 109 cm³/mol. The molecule has 0 fully saturated rings. The second-order valence-electron chi connectivity index (χ2n) is 6.23. The maximum atomic E-state index is 12.8. The average molecular weight is 444 g/mol. The first-order valence-electron chi connectivity index (χ1n) is 8.82. The molecule has 0 aliphatic rings. The molecule has 0 aromatic heterocycles. The zero-order chi connectivity index (χ0) is 22.5. The molecule has 158 valence electrons. The van der Waals surface area contributed by atoms with Gasteiger partial charge in [0.25, 0.3) is 0 Å². The number of alkyl halides is 3. The van der Waals surface area contributed by atoms with Crippen LogP contribution >= 0.6 is 0 Å². The first kappa shape index (κ1) is 21.9. The molecule has 9 heteroatoms. The third-order valence-electron chi connectivity index (χ3n) is 4.07. The number of allylic oxidation sites excluding steroid dienone is 1. The van der Waals surface area contributed by atoms with Gasteiger partial charge in [-0.25, -0.2) is 8.42 Å². The second kappa shape index (κ2) is 8.93. The Bertz CT molecular complexity index is 1230. The Morgan fingerprint density at radius 1 is 0.935 bits per heavy atom. The van der Waals surface area contributed by atoms with Crippen molar-refractivity contribution in [1.82, 2.24) is 0 Å². The molecule has 0 aliphatic carbocycles. The van der Waals surface area contributed by atoms with Crippen LogP contribution in [0.4, 0.5) is 18.9 Å².